The maximum absolute atomic E-state index is 12.3. The first-order valence-electron chi connectivity index (χ1n) is 8.51. The number of likely N-dealkylation sites (tertiary alicyclic amines) is 1. The molecule has 134 valence electrons. The van der Waals surface area contributed by atoms with Crippen LogP contribution in [0.15, 0.2) is 17.5 Å². The number of Topliss-reactive ketones (excluding diaryl/α,β-unsaturated/α-hetero) is 1. The summed E-state index contributed by atoms with van der Waals surface area (Å²) in [5.41, 5.74) is -0.483. The lowest BCUT2D eigenvalue weighted by Gasteiger charge is -2.36. The van der Waals surface area contributed by atoms with Gasteiger partial charge >= 0.3 is 6.09 Å². The number of carbonyl (C=O) groups is 2. The van der Waals surface area contributed by atoms with Crippen molar-refractivity contribution in [3.63, 3.8) is 0 Å². The number of ether oxygens (including phenoxy) is 2. The number of carbonyl (C=O) groups excluding carboxylic acids is 2. The molecule has 1 aliphatic heterocycles. The number of piperidine rings is 1. The number of ketones is 1. The van der Waals surface area contributed by atoms with Crippen LogP contribution in [0.5, 0.6) is 0 Å². The number of nitrogens with zero attached hydrogens (tertiary/aromatic N) is 1. The summed E-state index contributed by atoms with van der Waals surface area (Å²) in [6.45, 7) is 6.93. The van der Waals surface area contributed by atoms with Crippen LogP contribution in [0.4, 0.5) is 4.79 Å². The summed E-state index contributed by atoms with van der Waals surface area (Å²) >= 11 is 1.43. The van der Waals surface area contributed by atoms with Crippen LogP contribution in [0.2, 0.25) is 0 Å². The minimum Gasteiger partial charge on any atom is -0.444 e. The average Bonchev–Trinajstić information content (AvgIpc) is 3.04. The lowest BCUT2D eigenvalue weighted by atomic mass is 10.0. The molecule has 0 N–H and O–H groups in total. The molecule has 1 saturated heterocycles. The molecule has 2 rings (SSSR count). The van der Waals surface area contributed by atoms with Gasteiger partial charge in [0.15, 0.2) is 5.78 Å². The molecule has 24 heavy (non-hydrogen) atoms. The number of hydrogen-bond donors (Lipinski definition) is 0. The molecule has 1 amide bonds. The van der Waals surface area contributed by atoms with Crippen molar-refractivity contribution in [1.29, 1.82) is 0 Å². The van der Waals surface area contributed by atoms with E-state index in [9.17, 15) is 9.59 Å². The third kappa shape index (κ3) is 5.91. The molecular weight excluding hydrogens is 326 g/mol. The lowest BCUT2D eigenvalue weighted by Crippen LogP contribution is -2.46. The minimum atomic E-state index is -0.483. The predicted molar refractivity (Wildman–Crippen MR) is 94.7 cm³/mol. The van der Waals surface area contributed by atoms with Gasteiger partial charge in [0.1, 0.15) is 12.2 Å². The first-order valence-corrected chi connectivity index (χ1v) is 9.39. The number of amides is 1. The van der Waals surface area contributed by atoms with E-state index in [-0.39, 0.29) is 24.5 Å². The van der Waals surface area contributed by atoms with E-state index < -0.39 is 5.60 Å². The van der Waals surface area contributed by atoms with Gasteiger partial charge in [0, 0.05) is 19.2 Å². The molecule has 6 heteroatoms. The van der Waals surface area contributed by atoms with E-state index in [0.29, 0.717) is 6.61 Å². The van der Waals surface area contributed by atoms with E-state index in [2.05, 4.69) is 0 Å². The Bertz CT molecular complexity index is 536. The Morgan fingerprint density at radius 3 is 2.79 bits per heavy atom. The van der Waals surface area contributed by atoms with Gasteiger partial charge < -0.3 is 14.4 Å². The zero-order valence-electron chi connectivity index (χ0n) is 14.7. The lowest BCUT2D eigenvalue weighted by molar-refractivity contribution is 0.00458. The third-order valence-corrected chi connectivity index (χ3v) is 4.79. The van der Waals surface area contributed by atoms with Gasteiger partial charge in [0.2, 0.25) is 0 Å². The highest BCUT2D eigenvalue weighted by Crippen LogP contribution is 2.22. The summed E-state index contributed by atoms with van der Waals surface area (Å²) in [7, 11) is 0. The van der Waals surface area contributed by atoms with Crippen molar-refractivity contribution in [3.05, 3.63) is 22.4 Å². The Labute approximate surface area is 147 Å². The Kier molecular flexibility index (Phi) is 6.80. The van der Waals surface area contributed by atoms with E-state index in [0.717, 1.165) is 37.1 Å². The highest BCUT2D eigenvalue weighted by atomic mass is 32.1. The first-order chi connectivity index (χ1) is 11.4. The topological polar surface area (TPSA) is 55.8 Å². The van der Waals surface area contributed by atoms with Gasteiger partial charge in [0.05, 0.1) is 4.88 Å². The van der Waals surface area contributed by atoms with Crippen molar-refractivity contribution in [3.8, 4) is 0 Å². The number of thiophene rings is 1. The monoisotopic (exact) mass is 353 g/mol. The predicted octanol–water partition coefficient (Wildman–Crippen LogP) is 4.13. The van der Waals surface area contributed by atoms with Crippen LogP contribution >= 0.6 is 11.3 Å². The summed E-state index contributed by atoms with van der Waals surface area (Å²) in [6, 6.07) is 3.80. The molecule has 1 aromatic heterocycles. The molecule has 0 unspecified atom stereocenters. The van der Waals surface area contributed by atoms with Gasteiger partial charge in [-0.3, -0.25) is 4.79 Å². The van der Waals surface area contributed by atoms with Crippen molar-refractivity contribution >= 4 is 23.2 Å². The molecule has 0 bridgehead atoms. The SMILES string of the molecule is CC(C)(C)OC(=O)N1CCCC[C@H]1CCOCC(=O)c1cccs1. The molecular formula is C18H27NO4S. The fourth-order valence-corrected chi connectivity index (χ4v) is 3.41. The standard InChI is InChI=1S/C18H27NO4S/c1-18(2,3)23-17(21)19-10-5-4-7-14(19)9-11-22-13-15(20)16-8-6-12-24-16/h6,8,12,14H,4-5,7,9-11,13H2,1-3H3/t14-/m0/s1. The van der Waals surface area contributed by atoms with Crippen molar-refractivity contribution in [2.45, 2.75) is 58.1 Å². The van der Waals surface area contributed by atoms with Crippen molar-refractivity contribution in [2.24, 2.45) is 0 Å². The van der Waals surface area contributed by atoms with Crippen LogP contribution in [-0.2, 0) is 9.47 Å². The second kappa shape index (κ2) is 8.62. The Morgan fingerprint density at radius 2 is 2.12 bits per heavy atom. The van der Waals surface area contributed by atoms with E-state index in [1.165, 1.54) is 11.3 Å². The summed E-state index contributed by atoms with van der Waals surface area (Å²) in [6.07, 6.45) is 3.56. The first kappa shape index (κ1) is 18.9. The minimum absolute atomic E-state index is 0.0117. The highest BCUT2D eigenvalue weighted by Gasteiger charge is 2.30. The van der Waals surface area contributed by atoms with Crippen LogP contribution in [-0.4, -0.2) is 48.2 Å². The van der Waals surface area contributed by atoms with Gasteiger partial charge in [-0.1, -0.05) is 6.07 Å². The fourth-order valence-electron chi connectivity index (χ4n) is 2.75. The van der Waals surface area contributed by atoms with Gasteiger partial charge in [-0.25, -0.2) is 4.79 Å². The summed E-state index contributed by atoms with van der Waals surface area (Å²) in [4.78, 5) is 26.8. The van der Waals surface area contributed by atoms with Crippen LogP contribution in [0.25, 0.3) is 0 Å². The van der Waals surface area contributed by atoms with Crippen LogP contribution < -0.4 is 0 Å². The van der Waals surface area contributed by atoms with Crippen molar-refractivity contribution in [1.82, 2.24) is 4.90 Å². The number of hydrogen-bond acceptors (Lipinski definition) is 5. The zero-order chi connectivity index (χ0) is 17.6. The Balaban J connectivity index is 1.76. The summed E-state index contributed by atoms with van der Waals surface area (Å²) in [5, 5.41) is 1.88. The van der Waals surface area contributed by atoms with E-state index in [4.69, 9.17) is 9.47 Å². The van der Waals surface area contributed by atoms with Gasteiger partial charge in [0.25, 0.3) is 0 Å². The largest absolute Gasteiger partial charge is 0.444 e. The fraction of sp³-hybridized carbons (Fsp3) is 0.667. The van der Waals surface area contributed by atoms with Gasteiger partial charge in [-0.2, -0.15) is 0 Å². The third-order valence-electron chi connectivity index (χ3n) is 3.88. The molecule has 1 fully saturated rings. The molecule has 1 aromatic rings. The molecule has 1 atom stereocenters. The van der Waals surface area contributed by atoms with Gasteiger partial charge in [-0.05, 0) is 57.9 Å². The van der Waals surface area contributed by atoms with Crippen molar-refractivity contribution < 1.29 is 19.1 Å². The maximum atomic E-state index is 12.3. The molecule has 5 nitrogen and oxygen atoms in total. The van der Waals surface area contributed by atoms with Crippen LogP contribution in [0.1, 0.15) is 56.1 Å². The van der Waals surface area contributed by atoms with E-state index in [1.54, 1.807) is 0 Å². The number of rotatable bonds is 6. The molecule has 0 saturated carbocycles. The quantitative estimate of drug-likeness (QED) is 0.570. The molecule has 2 heterocycles. The average molecular weight is 353 g/mol. The van der Waals surface area contributed by atoms with E-state index >= 15 is 0 Å². The van der Waals surface area contributed by atoms with Crippen LogP contribution in [0, 0.1) is 0 Å². The Morgan fingerprint density at radius 1 is 1.33 bits per heavy atom. The molecule has 0 aromatic carbocycles. The highest BCUT2D eigenvalue weighted by molar-refractivity contribution is 7.12. The second-order valence-electron chi connectivity index (χ2n) is 7.07. The molecule has 1 aliphatic rings. The smallest absolute Gasteiger partial charge is 0.410 e. The summed E-state index contributed by atoms with van der Waals surface area (Å²) in [5.74, 6) is 0.0117. The molecule has 0 aliphatic carbocycles. The molecule has 0 radical (unpaired) electrons. The summed E-state index contributed by atoms with van der Waals surface area (Å²) < 4.78 is 11.0. The molecule has 0 spiro atoms. The van der Waals surface area contributed by atoms with E-state index in [1.807, 2.05) is 43.2 Å². The van der Waals surface area contributed by atoms with Crippen LogP contribution in [0.3, 0.4) is 0 Å². The van der Waals surface area contributed by atoms with Gasteiger partial charge in [-0.15, -0.1) is 11.3 Å². The zero-order valence-corrected chi connectivity index (χ0v) is 15.6. The normalized spacial score (nSPS) is 18.5. The second-order valence-corrected chi connectivity index (χ2v) is 8.01. The van der Waals surface area contributed by atoms with Crippen molar-refractivity contribution in [2.75, 3.05) is 19.8 Å². The maximum Gasteiger partial charge on any atom is 0.410 e. The Hall–Kier alpha value is -1.40.